The molecule has 0 aliphatic rings. The van der Waals surface area contributed by atoms with Crippen molar-refractivity contribution in [2.24, 2.45) is 17.8 Å². The van der Waals surface area contributed by atoms with E-state index in [1.165, 1.54) is 0 Å². The molecule has 2 unspecified atom stereocenters. The van der Waals surface area contributed by atoms with Gasteiger partial charge in [0.1, 0.15) is 6.17 Å². The molecule has 0 N–H and O–H groups in total. The van der Waals surface area contributed by atoms with Crippen molar-refractivity contribution >= 4 is 0 Å². The summed E-state index contributed by atoms with van der Waals surface area (Å²) in [4.78, 5) is 0. The van der Waals surface area contributed by atoms with E-state index in [9.17, 15) is 4.39 Å². The fourth-order valence-electron chi connectivity index (χ4n) is 1.53. The van der Waals surface area contributed by atoms with Crippen molar-refractivity contribution in [3.63, 3.8) is 0 Å². The van der Waals surface area contributed by atoms with Crippen molar-refractivity contribution in [1.29, 1.82) is 0 Å². The van der Waals surface area contributed by atoms with Crippen LogP contribution in [0.15, 0.2) is 0 Å². The van der Waals surface area contributed by atoms with Crippen molar-refractivity contribution in [1.82, 2.24) is 0 Å². The van der Waals surface area contributed by atoms with E-state index in [-0.39, 0.29) is 5.92 Å². The SMILES string of the molecule is CC(C)CC(C(C)C)C(C)F. The summed E-state index contributed by atoms with van der Waals surface area (Å²) >= 11 is 0. The van der Waals surface area contributed by atoms with Gasteiger partial charge in [0.2, 0.25) is 0 Å². The Kier molecular flexibility index (Phi) is 4.71. The van der Waals surface area contributed by atoms with E-state index < -0.39 is 6.17 Å². The molecule has 0 aromatic carbocycles. The Morgan fingerprint density at radius 1 is 1.00 bits per heavy atom. The molecule has 2 atom stereocenters. The normalized spacial score (nSPS) is 17.5. The van der Waals surface area contributed by atoms with Gasteiger partial charge in [0.05, 0.1) is 0 Å². The van der Waals surface area contributed by atoms with Gasteiger partial charge in [-0.15, -0.1) is 0 Å². The van der Waals surface area contributed by atoms with E-state index in [0.717, 1.165) is 6.42 Å². The van der Waals surface area contributed by atoms with Gasteiger partial charge in [-0.3, -0.25) is 0 Å². The summed E-state index contributed by atoms with van der Waals surface area (Å²) in [6.07, 6.45) is 0.354. The second kappa shape index (κ2) is 4.74. The third-order valence-corrected chi connectivity index (χ3v) is 2.19. The number of rotatable bonds is 4. The summed E-state index contributed by atoms with van der Waals surface area (Å²) in [5.74, 6) is 1.33. The van der Waals surface area contributed by atoms with Crippen LogP contribution in [0.2, 0.25) is 0 Å². The van der Waals surface area contributed by atoms with Crippen molar-refractivity contribution in [3.8, 4) is 0 Å². The van der Waals surface area contributed by atoms with Crippen LogP contribution in [0.3, 0.4) is 0 Å². The molecule has 0 fully saturated rings. The summed E-state index contributed by atoms with van der Waals surface area (Å²) in [5, 5.41) is 0. The van der Waals surface area contributed by atoms with Gasteiger partial charge in [-0.1, -0.05) is 27.7 Å². The molecule has 0 saturated carbocycles. The molecule has 68 valence electrons. The second-order valence-electron chi connectivity index (χ2n) is 4.21. The quantitative estimate of drug-likeness (QED) is 0.588. The number of hydrogen-bond donors (Lipinski definition) is 0. The monoisotopic (exact) mass is 160 g/mol. The van der Waals surface area contributed by atoms with Crippen molar-refractivity contribution in [2.75, 3.05) is 0 Å². The van der Waals surface area contributed by atoms with Crippen LogP contribution < -0.4 is 0 Å². The standard InChI is InChI=1S/C10H21F/c1-7(2)6-10(8(3)4)9(5)11/h7-10H,6H2,1-5H3. The average Bonchev–Trinajstić information content (AvgIpc) is 1.81. The fourth-order valence-corrected chi connectivity index (χ4v) is 1.53. The van der Waals surface area contributed by atoms with E-state index in [1.54, 1.807) is 6.92 Å². The van der Waals surface area contributed by atoms with E-state index >= 15 is 0 Å². The minimum atomic E-state index is -0.655. The lowest BCUT2D eigenvalue weighted by Crippen LogP contribution is -2.20. The predicted octanol–water partition coefficient (Wildman–Crippen LogP) is 3.66. The lowest BCUT2D eigenvalue weighted by atomic mass is 9.85. The molecule has 0 saturated heterocycles. The van der Waals surface area contributed by atoms with Gasteiger partial charge in [-0.05, 0) is 31.1 Å². The largest absolute Gasteiger partial charge is 0.247 e. The van der Waals surface area contributed by atoms with Gasteiger partial charge in [0, 0.05) is 0 Å². The van der Waals surface area contributed by atoms with Crippen LogP contribution in [0.5, 0.6) is 0 Å². The van der Waals surface area contributed by atoms with Crippen LogP contribution in [0, 0.1) is 17.8 Å². The zero-order chi connectivity index (χ0) is 9.02. The maximum Gasteiger partial charge on any atom is 0.100 e. The minimum absolute atomic E-state index is 0.245. The first-order valence-corrected chi connectivity index (χ1v) is 4.59. The van der Waals surface area contributed by atoms with E-state index in [1.807, 2.05) is 0 Å². The highest BCUT2D eigenvalue weighted by Crippen LogP contribution is 2.25. The van der Waals surface area contributed by atoms with Crippen LogP contribution in [0.4, 0.5) is 4.39 Å². The summed E-state index contributed by atoms with van der Waals surface area (Å²) in [6.45, 7) is 10.2. The molecule has 0 aliphatic heterocycles. The first kappa shape index (κ1) is 10.9. The molecular weight excluding hydrogens is 139 g/mol. The summed E-state index contributed by atoms with van der Waals surface area (Å²) in [5.41, 5.74) is 0. The third-order valence-electron chi connectivity index (χ3n) is 2.19. The molecule has 0 heterocycles. The van der Waals surface area contributed by atoms with Gasteiger partial charge in [0.15, 0.2) is 0 Å². The molecule has 0 radical (unpaired) electrons. The number of halogens is 1. The molecule has 0 nitrogen and oxygen atoms in total. The molecule has 0 aliphatic carbocycles. The predicted molar refractivity (Wildman–Crippen MR) is 48.4 cm³/mol. The maximum absolute atomic E-state index is 13.0. The Morgan fingerprint density at radius 2 is 1.45 bits per heavy atom. The molecule has 0 aromatic heterocycles. The van der Waals surface area contributed by atoms with Gasteiger partial charge in [0.25, 0.3) is 0 Å². The van der Waals surface area contributed by atoms with Crippen molar-refractivity contribution in [3.05, 3.63) is 0 Å². The van der Waals surface area contributed by atoms with Crippen LogP contribution in [0.1, 0.15) is 41.0 Å². The summed E-state index contributed by atoms with van der Waals surface area (Å²) in [6, 6.07) is 0. The molecule has 0 rings (SSSR count). The highest BCUT2D eigenvalue weighted by Gasteiger charge is 2.20. The Balaban J connectivity index is 3.90. The topological polar surface area (TPSA) is 0 Å². The van der Waals surface area contributed by atoms with E-state index in [4.69, 9.17) is 0 Å². The zero-order valence-corrected chi connectivity index (χ0v) is 8.39. The van der Waals surface area contributed by atoms with Crippen molar-refractivity contribution < 1.29 is 4.39 Å². The summed E-state index contributed by atoms with van der Waals surface area (Å²) < 4.78 is 13.0. The van der Waals surface area contributed by atoms with E-state index in [0.29, 0.717) is 11.8 Å². The lowest BCUT2D eigenvalue weighted by molar-refractivity contribution is 0.171. The zero-order valence-electron chi connectivity index (χ0n) is 8.39. The lowest BCUT2D eigenvalue weighted by Gasteiger charge is -2.23. The highest BCUT2D eigenvalue weighted by atomic mass is 19.1. The van der Waals surface area contributed by atoms with Gasteiger partial charge in [-0.2, -0.15) is 0 Å². The Bertz CT molecular complexity index is 87.0. The third kappa shape index (κ3) is 4.39. The van der Waals surface area contributed by atoms with Crippen molar-refractivity contribution in [2.45, 2.75) is 47.2 Å². The first-order valence-electron chi connectivity index (χ1n) is 4.59. The van der Waals surface area contributed by atoms with E-state index in [2.05, 4.69) is 27.7 Å². The van der Waals surface area contributed by atoms with Gasteiger partial charge >= 0.3 is 0 Å². The molecule has 0 aromatic rings. The molecular formula is C10H21F. The summed E-state index contributed by atoms with van der Waals surface area (Å²) in [7, 11) is 0. The van der Waals surface area contributed by atoms with Gasteiger partial charge < -0.3 is 0 Å². The number of hydrogen-bond acceptors (Lipinski definition) is 0. The smallest absolute Gasteiger partial charge is 0.100 e. The Labute approximate surface area is 70.2 Å². The number of alkyl halides is 1. The minimum Gasteiger partial charge on any atom is -0.247 e. The first-order chi connectivity index (χ1) is 4.95. The van der Waals surface area contributed by atoms with Crippen LogP contribution >= 0.6 is 0 Å². The van der Waals surface area contributed by atoms with Gasteiger partial charge in [-0.25, -0.2) is 4.39 Å². The molecule has 0 amide bonds. The second-order valence-corrected chi connectivity index (χ2v) is 4.21. The Hall–Kier alpha value is -0.0700. The fraction of sp³-hybridized carbons (Fsp3) is 1.00. The molecule has 0 bridgehead atoms. The van der Waals surface area contributed by atoms with Crippen LogP contribution in [-0.4, -0.2) is 6.17 Å². The molecule has 11 heavy (non-hydrogen) atoms. The van der Waals surface area contributed by atoms with Crippen LogP contribution in [0.25, 0.3) is 0 Å². The highest BCUT2D eigenvalue weighted by molar-refractivity contribution is 4.70. The average molecular weight is 160 g/mol. The maximum atomic E-state index is 13.0. The molecule has 1 heteroatoms. The molecule has 0 spiro atoms. The van der Waals surface area contributed by atoms with Crippen LogP contribution in [-0.2, 0) is 0 Å². The Morgan fingerprint density at radius 3 is 1.55 bits per heavy atom.